The predicted molar refractivity (Wildman–Crippen MR) is 86.1 cm³/mol. The van der Waals surface area contributed by atoms with Crippen molar-refractivity contribution in [2.75, 3.05) is 11.9 Å². The Balaban J connectivity index is 1.95. The van der Waals surface area contributed by atoms with Crippen LogP contribution in [0.25, 0.3) is 0 Å². The number of amides is 1. The molecule has 0 bridgehead atoms. The number of quaternary nitrogens is 1. The summed E-state index contributed by atoms with van der Waals surface area (Å²) in [6.45, 7) is 5.93. The minimum atomic E-state index is -0.872. The van der Waals surface area contributed by atoms with Gasteiger partial charge in [0.1, 0.15) is 6.04 Å². The first-order valence-corrected chi connectivity index (χ1v) is 7.53. The van der Waals surface area contributed by atoms with E-state index >= 15 is 0 Å². The first kappa shape index (κ1) is 17.1. The molecule has 1 amide bonds. The van der Waals surface area contributed by atoms with Gasteiger partial charge < -0.3 is 10.6 Å². The van der Waals surface area contributed by atoms with Crippen molar-refractivity contribution in [2.45, 2.75) is 26.8 Å². The summed E-state index contributed by atoms with van der Waals surface area (Å²) in [7, 11) is 0. The maximum absolute atomic E-state index is 13.2. The van der Waals surface area contributed by atoms with E-state index in [9.17, 15) is 13.6 Å². The van der Waals surface area contributed by atoms with E-state index in [1.807, 2.05) is 39.0 Å². The van der Waals surface area contributed by atoms with E-state index in [4.69, 9.17) is 0 Å². The lowest BCUT2D eigenvalue weighted by Crippen LogP contribution is -2.86. The second kappa shape index (κ2) is 7.33. The number of rotatable bonds is 5. The Kier molecular flexibility index (Phi) is 5.45. The lowest BCUT2D eigenvalue weighted by molar-refractivity contribution is -0.682. The van der Waals surface area contributed by atoms with Gasteiger partial charge in [0.15, 0.2) is 18.2 Å². The van der Waals surface area contributed by atoms with E-state index in [1.165, 1.54) is 12.1 Å². The van der Waals surface area contributed by atoms with Crippen molar-refractivity contribution >= 4 is 11.6 Å². The summed E-state index contributed by atoms with van der Waals surface area (Å²) in [5.41, 5.74) is 3.48. The number of hydrogen-bond acceptors (Lipinski definition) is 1. The van der Waals surface area contributed by atoms with Crippen LogP contribution >= 0.6 is 0 Å². The summed E-state index contributed by atoms with van der Waals surface area (Å²) in [5, 5.41) is 4.69. The molecule has 0 unspecified atom stereocenters. The molecule has 0 saturated carbocycles. The lowest BCUT2D eigenvalue weighted by Gasteiger charge is -2.13. The highest BCUT2D eigenvalue weighted by Crippen LogP contribution is 2.19. The topological polar surface area (TPSA) is 45.7 Å². The van der Waals surface area contributed by atoms with Crippen LogP contribution in [0.15, 0.2) is 36.4 Å². The quantitative estimate of drug-likeness (QED) is 0.874. The smallest absolute Gasteiger partial charge is 0.279 e. The number of nitrogens with one attached hydrogen (secondary N) is 1. The molecule has 0 radical (unpaired) electrons. The maximum atomic E-state index is 13.2. The van der Waals surface area contributed by atoms with Gasteiger partial charge >= 0.3 is 0 Å². The predicted octanol–water partition coefficient (Wildman–Crippen LogP) is 2.84. The van der Waals surface area contributed by atoms with E-state index in [0.29, 0.717) is 5.56 Å². The Morgan fingerprint density at radius 3 is 2.39 bits per heavy atom. The van der Waals surface area contributed by atoms with Crippen molar-refractivity contribution in [3.8, 4) is 0 Å². The van der Waals surface area contributed by atoms with Crippen LogP contribution in [0.1, 0.15) is 29.7 Å². The Labute approximate surface area is 134 Å². The highest BCUT2D eigenvalue weighted by atomic mass is 19.2. The average Bonchev–Trinajstić information content (AvgIpc) is 2.51. The molecule has 2 aromatic carbocycles. The zero-order valence-corrected chi connectivity index (χ0v) is 13.5. The number of nitrogens with two attached hydrogens (primary N) is 1. The van der Waals surface area contributed by atoms with Gasteiger partial charge in [0.05, 0.1) is 0 Å². The molecule has 5 heteroatoms. The van der Waals surface area contributed by atoms with Crippen LogP contribution in [0.4, 0.5) is 14.5 Å². The minimum Gasteiger partial charge on any atom is -0.333 e. The van der Waals surface area contributed by atoms with Gasteiger partial charge in [-0.25, -0.2) is 8.78 Å². The fraction of sp³-hybridized carbons (Fsp3) is 0.278. The van der Waals surface area contributed by atoms with Gasteiger partial charge in [0.25, 0.3) is 5.91 Å². The van der Waals surface area contributed by atoms with E-state index in [2.05, 4.69) is 5.32 Å². The molecule has 0 aliphatic heterocycles. The molecular weight excluding hydrogens is 298 g/mol. The van der Waals surface area contributed by atoms with Crippen LogP contribution in [0.5, 0.6) is 0 Å². The second-order valence-corrected chi connectivity index (χ2v) is 5.72. The molecule has 3 N–H and O–H groups in total. The lowest BCUT2D eigenvalue weighted by atomic mass is 10.1. The number of para-hydroxylation sites is 1. The summed E-state index contributed by atoms with van der Waals surface area (Å²) >= 11 is 0. The third kappa shape index (κ3) is 4.36. The summed E-state index contributed by atoms with van der Waals surface area (Å²) < 4.78 is 26.2. The van der Waals surface area contributed by atoms with E-state index in [0.717, 1.165) is 22.9 Å². The molecule has 0 aliphatic rings. The van der Waals surface area contributed by atoms with Gasteiger partial charge in [-0.1, -0.05) is 18.2 Å². The fourth-order valence-corrected chi connectivity index (χ4v) is 2.42. The normalized spacial score (nSPS) is 12.0. The molecule has 0 spiro atoms. The van der Waals surface area contributed by atoms with Gasteiger partial charge in [0.2, 0.25) is 0 Å². The molecule has 23 heavy (non-hydrogen) atoms. The second-order valence-electron chi connectivity index (χ2n) is 5.72. The van der Waals surface area contributed by atoms with Gasteiger partial charge in [0, 0.05) is 11.3 Å². The third-order valence-electron chi connectivity index (χ3n) is 3.87. The molecule has 3 nitrogen and oxygen atoms in total. The Hall–Kier alpha value is -2.27. The van der Waals surface area contributed by atoms with Crippen molar-refractivity contribution in [3.63, 3.8) is 0 Å². The van der Waals surface area contributed by atoms with Crippen molar-refractivity contribution < 1.29 is 18.9 Å². The number of benzene rings is 2. The number of carbonyl (C=O) groups is 1. The van der Waals surface area contributed by atoms with Crippen LogP contribution in [0, 0.1) is 25.5 Å². The number of carbonyl (C=O) groups excluding carboxylic acids is 1. The first-order chi connectivity index (χ1) is 10.9. The standard InChI is InChI=1S/C18H20F2N2O/c1-11-5-4-6-12(2)18(11)22-17(23)10-21-13(3)14-7-8-15(19)16(20)9-14/h4-9,13,21H,10H2,1-3H3,(H,22,23)/p+1/t13-/m1/s1. The van der Waals surface area contributed by atoms with Gasteiger partial charge in [-0.15, -0.1) is 0 Å². The Bertz CT molecular complexity index is 696. The van der Waals surface area contributed by atoms with Crippen LogP contribution in [-0.4, -0.2) is 12.5 Å². The summed E-state index contributed by atoms with van der Waals surface area (Å²) in [6.07, 6.45) is 0. The molecule has 122 valence electrons. The maximum Gasteiger partial charge on any atom is 0.279 e. The van der Waals surface area contributed by atoms with E-state index < -0.39 is 11.6 Å². The monoisotopic (exact) mass is 319 g/mol. The highest BCUT2D eigenvalue weighted by Gasteiger charge is 2.14. The fourth-order valence-electron chi connectivity index (χ4n) is 2.42. The molecular formula is C18H21F2N2O+. The average molecular weight is 319 g/mol. The Morgan fingerprint density at radius 2 is 1.78 bits per heavy atom. The van der Waals surface area contributed by atoms with Crippen molar-refractivity contribution in [2.24, 2.45) is 0 Å². The zero-order valence-electron chi connectivity index (χ0n) is 13.5. The van der Waals surface area contributed by atoms with Gasteiger partial charge in [-0.05, 0) is 50.1 Å². The van der Waals surface area contributed by atoms with Crippen LogP contribution in [0.2, 0.25) is 0 Å². The minimum absolute atomic E-state index is 0.128. The molecule has 2 rings (SSSR count). The van der Waals surface area contributed by atoms with Gasteiger partial charge in [-0.2, -0.15) is 0 Å². The summed E-state index contributed by atoms with van der Waals surface area (Å²) in [5.74, 6) is -1.87. The summed E-state index contributed by atoms with van der Waals surface area (Å²) in [6, 6.07) is 9.48. The molecule has 0 heterocycles. The number of hydrogen-bond donors (Lipinski definition) is 2. The highest BCUT2D eigenvalue weighted by molar-refractivity contribution is 5.92. The van der Waals surface area contributed by atoms with Crippen molar-refractivity contribution in [1.82, 2.24) is 0 Å². The molecule has 0 saturated heterocycles. The first-order valence-electron chi connectivity index (χ1n) is 7.53. The number of aryl methyl sites for hydroxylation is 2. The molecule has 0 aromatic heterocycles. The zero-order chi connectivity index (χ0) is 17.0. The molecule has 0 fully saturated rings. The summed E-state index contributed by atoms with van der Waals surface area (Å²) in [4.78, 5) is 12.1. The number of anilines is 1. The van der Waals surface area contributed by atoms with Gasteiger partial charge in [-0.3, -0.25) is 4.79 Å². The third-order valence-corrected chi connectivity index (χ3v) is 3.87. The largest absolute Gasteiger partial charge is 0.333 e. The molecule has 0 aliphatic carbocycles. The number of halogens is 2. The van der Waals surface area contributed by atoms with E-state index in [-0.39, 0.29) is 18.5 Å². The van der Waals surface area contributed by atoms with Crippen LogP contribution in [-0.2, 0) is 4.79 Å². The van der Waals surface area contributed by atoms with Crippen LogP contribution in [0.3, 0.4) is 0 Å². The van der Waals surface area contributed by atoms with Crippen LogP contribution < -0.4 is 10.6 Å². The van der Waals surface area contributed by atoms with Crippen molar-refractivity contribution in [3.05, 3.63) is 64.7 Å². The molecule has 2 aromatic rings. The Morgan fingerprint density at radius 1 is 1.13 bits per heavy atom. The van der Waals surface area contributed by atoms with Crippen molar-refractivity contribution in [1.29, 1.82) is 0 Å². The van der Waals surface area contributed by atoms with E-state index in [1.54, 1.807) is 5.32 Å². The molecule has 1 atom stereocenters. The SMILES string of the molecule is Cc1cccc(C)c1NC(=O)C[NH2+][C@H](C)c1ccc(F)c(F)c1.